The number of carbonyl (C=O) groups is 1. The van der Waals surface area contributed by atoms with E-state index in [4.69, 9.17) is 5.73 Å². The average Bonchev–Trinajstić information content (AvgIpc) is 2.71. The molecule has 1 amide bonds. The fourth-order valence-electron chi connectivity index (χ4n) is 1.44. The van der Waals surface area contributed by atoms with E-state index in [2.05, 4.69) is 9.97 Å². The molecular formula is C8H11N3O. The molecule has 1 aromatic heterocycles. The molecule has 1 fully saturated rings. The molecule has 0 unspecified atom stereocenters. The molecule has 0 saturated heterocycles. The number of aromatic nitrogens is 2. The predicted octanol–water partition coefficient (Wildman–Crippen LogP) is 0.235. The standard InChI is InChI=1S/C8H11N3O/c1-5-10-4-6(11-5)8(2-3-8)7(9)12/h4H,2-3H2,1H3,(H2,9,12)(H,10,11). The van der Waals surface area contributed by atoms with Crippen molar-refractivity contribution in [3.05, 3.63) is 17.7 Å². The smallest absolute Gasteiger partial charge is 0.229 e. The van der Waals surface area contributed by atoms with Crippen molar-refractivity contribution in [2.24, 2.45) is 5.73 Å². The van der Waals surface area contributed by atoms with E-state index in [-0.39, 0.29) is 5.91 Å². The number of carbonyl (C=O) groups excluding carboxylic acids is 1. The van der Waals surface area contributed by atoms with E-state index in [1.807, 2.05) is 6.92 Å². The number of hydrogen-bond acceptors (Lipinski definition) is 2. The second-order valence-electron chi connectivity index (χ2n) is 3.33. The van der Waals surface area contributed by atoms with Gasteiger partial charge in [0, 0.05) is 6.20 Å². The van der Waals surface area contributed by atoms with Gasteiger partial charge in [0.05, 0.1) is 11.1 Å². The second-order valence-corrected chi connectivity index (χ2v) is 3.33. The topological polar surface area (TPSA) is 71.8 Å². The van der Waals surface area contributed by atoms with Gasteiger partial charge in [-0.05, 0) is 19.8 Å². The summed E-state index contributed by atoms with van der Waals surface area (Å²) < 4.78 is 0. The lowest BCUT2D eigenvalue weighted by atomic mass is 10.0. The van der Waals surface area contributed by atoms with Crippen LogP contribution in [0.2, 0.25) is 0 Å². The molecule has 1 aliphatic rings. The minimum atomic E-state index is -0.415. The molecule has 12 heavy (non-hydrogen) atoms. The monoisotopic (exact) mass is 165 g/mol. The van der Waals surface area contributed by atoms with E-state index in [1.165, 1.54) is 0 Å². The lowest BCUT2D eigenvalue weighted by Crippen LogP contribution is -2.28. The van der Waals surface area contributed by atoms with E-state index < -0.39 is 5.41 Å². The van der Waals surface area contributed by atoms with Crippen LogP contribution in [0.15, 0.2) is 6.20 Å². The molecule has 0 bridgehead atoms. The Labute approximate surface area is 70.2 Å². The first-order chi connectivity index (χ1) is 5.65. The molecule has 0 radical (unpaired) electrons. The number of hydrogen-bond donors (Lipinski definition) is 2. The molecule has 3 N–H and O–H groups in total. The number of primary amides is 1. The summed E-state index contributed by atoms with van der Waals surface area (Å²) in [7, 11) is 0. The van der Waals surface area contributed by atoms with Gasteiger partial charge in [-0.25, -0.2) is 4.98 Å². The van der Waals surface area contributed by atoms with Gasteiger partial charge in [-0.15, -0.1) is 0 Å². The molecule has 1 aromatic rings. The highest BCUT2D eigenvalue weighted by Gasteiger charge is 2.51. The molecule has 1 heterocycles. The van der Waals surface area contributed by atoms with Crippen molar-refractivity contribution in [2.45, 2.75) is 25.2 Å². The normalized spacial score (nSPS) is 19.1. The highest BCUT2D eigenvalue weighted by molar-refractivity contribution is 5.89. The van der Waals surface area contributed by atoms with Crippen molar-refractivity contribution < 1.29 is 4.79 Å². The van der Waals surface area contributed by atoms with Gasteiger partial charge in [0.1, 0.15) is 5.82 Å². The second kappa shape index (κ2) is 2.09. The maximum Gasteiger partial charge on any atom is 0.229 e. The van der Waals surface area contributed by atoms with E-state index in [1.54, 1.807) is 6.20 Å². The summed E-state index contributed by atoms with van der Waals surface area (Å²) in [5.41, 5.74) is 5.74. The molecule has 4 nitrogen and oxygen atoms in total. The molecular weight excluding hydrogens is 154 g/mol. The van der Waals surface area contributed by atoms with Crippen LogP contribution in [0.5, 0.6) is 0 Å². The highest BCUT2D eigenvalue weighted by atomic mass is 16.1. The van der Waals surface area contributed by atoms with E-state index in [9.17, 15) is 4.79 Å². The van der Waals surface area contributed by atoms with Gasteiger partial charge in [0.25, 0.3) is 0 Å². The van der Waals surface area contributed by atoms with Crippen molar-refractivity contribution >= 4 is 5.91 Å². The van der Waals surface area contributed by atoms with Crippen LogP contribution >= 0.6 is 0 Å². The Morgan fingerprint density at radius 1 is 1.75 bits per heavy atom. The van der Waals surface area contributed by atoms with E-state index in [0.29, 0.717) is 0 Å². The lowest BCUT2D eigenvalue weighted by Gasteiger charge is -2.06. The Bertz CT molecular complexity index is 325. The zero-order chi connectivity index (χ0) is 8.77. The van der Waals surface area contributed by atoms with Gasteiger partial charge in [-0.1, -0.05) is 0 Å². The van der Waals surface area contributed by atoms with Gasteiger partial charge in [-0.2, -0.15) is 0 Å². The number of rotatable bonds is 2. The minimum Gasteiger partial charge on any atom is -0.369 e. The molecule has 0 spiro atoms. The number of nitrogens with one attached hydrogen (secondary N) is 1. The molecule has 0 aliphatic heterocycles. The van der Waals surface area contributed by atoms with Crippen LogP contribution in [-0.4, -0.2) is 15.9 Å². The van der Waals surface area contributed by atoms with Crippen molar-refractivity contribution in [1.82, 2.24) is 9.97 Å². The van der Waals surface area contributed by atoms with Gasteiger partial charge in [0.15, 0.2) is 0 Å². The number of aromatic amines is 1. The molecule has 64 valence electrons. The highest BCUT2D eigenvalue weighted by Crippen LogP contribution is 2.46. The van der Waals surface area contributed by atoms with Crippen molar-refractivity contribution in [2.75, 3.05) is 0 Å². The predicted molar refractivity (Wildman–Crippen MR) is 43.4 cm³/mol. The fraction of sp³-hybridized carbons (Fsp3) is 0.500. The number of nitrogens with zero attached hydrogens (tertiary/aromatic N) is 1. The summed E-state index contributed by atoms with van der Waals surface area (Å²) in [5.74, 6) is 0.587. The summed E-state index contributed by atoms with van der Waals surface area (Å²) >= 11 is 0. The van der Waals surface area contributed by atoms with E-state index >= 15 is 0 Å². The van der Waals surface area contributed by atoms with Crippen LogP contribution in [0.3, 0.4) is 0 Å². The summed E-state index contributed by atoms with van der Waals surface area (Å²) in [6.07, 6.45) is 3.40. The Morgan fingerprint density at radius 3 is 2.75 bits per heavy atom. The number of H-pyrrole nitrogens is 1. The minimum absolute atomic E-state index is 0.244. The Morgan fingerprint density at radius 2 is 2.42 bits per heavy atom. The van der Waals surface area contributed by atoms with Crippen molar-refractivity contribution in [3.63, 3.8) is 0 Å². The third-order valence-corrected chi connectivity index (χ3v) is 2.44. The first kappa shape index (κ1) is 7.34. The Balaban J connectivity index is 2.36. The van der Waals surface area contributed by atoms with Gasteiger partial charge in [-0.3, -0.25) is 4.79 Å². The fourth-order valence-corrected chi connectivity index (χ4v) is 1.44. The largest absolute Gasteiger partial charge is 0.369 e. The zero-order valence-electron chi connectivity index (χ0n) is 6.92. The lowest BCUT2D eigenvalue weighted by molar-refractivity contribution is -0.120. The first-order valence-corrected chi connectivity index (χ1v) is 3.97. The molecule has 1 aliphatic carbocycles. The van der Waals surface area contributed by atoms with E-state index in [0.717, 1.165) is 24.4 Å². The van der Waals surface area contributed by atoms with Crippen LogP contribution in [0, 0.1) is 6.92 Å². The average molecular weight is 165 g/mol. The number of amides is 1. The number of imidazole rings is 1. The van der Waals surface area contributed by atoms with Gasteiger partial charge >= 0.3 is 0 Å². The number of aryl methyl sites for hydroxylation is 1. The van der Waals surface area contributed by atoms with Crippen LogP contribution in [0.25, 0.3) is 0 Å². The first-order valence-electron chi connectivity index (χ1n) is 3.97. The van der Waals surface area contributed by atoms with Crippen LogP contribution in [0.4, 0.5) is 0 Å². The summed E-state index contributed by atoms with van der Waals surface area (Å²) in [4.78, 5) is 18.2. The quantitative estimate of drug-likeness (QED) is 0.658. The Kier molecular flexibility index (Phi) is 1.28. The third kappa shape index (κ3) is 0.841. The van der Waals surface area contributed by atoms with Gasteiger partial charge < -0.3 is 10.7 Å². The van der Waals surface area contributed by atoms with Crippen molar-refractivity contribution in [3.8, 4) is 0 Å². The third-order valence-electron chi connectivity index (χ3n) is 2.44. The number of nitrogens with two attached hydrogens (primary N) is 1. The molecule has 4 heteroatoms. The maximum atomic E-state index is 11.1. The van der Waals surface area contributed by atoms with Crippen LogP contribution in [-0.2, 0) is 10.2 Å². The zero-order valence-corrected chi connectivity index (χ0v) is 6.92. The molecule has 2 rings (SSSR count). The molecule has 0 atom stereocenters. The van der Waals surface area contributed by atoms with Crippen LogP contribution < -0.4 is 5.73 Å². The van der Waals surface area contributed by atoms with Gasteiger partial charge in [0.2, 0.25) is 5.91 Å². The summed E-state index contributed by atoms with van der Waals surface area (Å²) in [6.45, 7) is 1.86. The SMILES string of the molecule is Cc1ncc(C2(C(N)=O)CC2)[nH]1. The summed E-state index contributed by atoms with van der Waals surface area (Å²) in [6, 6.07) is 0. The summed E-state index contributed by atoms with van der Waals surface area (Å²) in [5, 5.41) is 0. The van der Waals surface area contributed by atoms with Crippen LogP contribution in [0.1, 0.15) is 24.4 Å². The maximum absolute atomic E-state index is 11.1. The molecule has 1 saturated carbocycles. The molecule has 0 aromatic carbocycles. The van der Waals surface area contributed by atoms with Crippen molar-refractivity contribution in [1.29, 1.82) is 0 Å². The Hall–Kier alpha value is -1.32.